The Labute approximate surface area is 179 Å². The first-order valence-electron chi connectivity index (χ1n) is 9.81. The normalized spacial score (nSPS) is 22.1. The summed E-state index contributed by atoms with van der Waals surface area (Å²) in [5.74, 6) is 0. The molecule has 2 amide bonds. The van der Waals surface area contributed by atoms with Gasteiger partial charge in [-0.25, -0.2) is 4.79 Å². The average molecular weight is 452 g/mol. The first-order chi connectivity index (χ1) is 14.8. The number of halogens is 3. The van der Waals surface area contributed by atoms with Crippen LogP contribution < -0.4 is 0 Å². The third-order valence-corrected chi connectivity index (χ3v) is 6.44. The van der Waals surface area contributed by atoms with Crippen LogP contribution in [0.25, 0.3) is 21.5 Å². The molecule has 2 aliphatic rings. The van der Waals surface area contributed by atoms with Crippen molar-refractivity contribution in [3.63, 3.8) is 0 Å². The molecule has 164 valence electrons. The van der Waals surface area contributed by atoms with Gasteiger partial charge in [-0.05, 0) is 30.6 Å². The van der Waals surface area contributed by atoms with E-state index in [2.05, 4.69) is 9.36 Å². The molecular formula is C19H19F3N6O2S. The Morgan fingerprint density at radius 2 is 2.19 bits per heavy atom. The minimum absolute atomic E-state index is 0.0845. The molecule has 1 saturated heterocycles. The molecule has 0 aliphatic carbocycles. The van der Waals surface area contributed by atoms with Gasteiger partial charge < -0.3 is 14.5 Å². The van der Waals surface area contributed by atoms with Gasteiger partial charge in [0.05, 0.1) is 48.1 Å². The number of aromatic nitrogens is 4. The van der Waals surface area contributed by atoms with E-state index in [0.717, 1.165) is 32.1 Å². The molecule has 0 bridgehead atoms. The SMILES string of the molecule is C[C@H]1CN(C(=O)N2CCOCC2C(F)(F)F)Cc2cc(-c3ccnc4cnsc34)nn21. The van der Waals surface area contributed by atoms with Crippen molar-refractivity contribution in [2.75, 3.05) is 26.3 Å². The maximum Gasteiger partial charge on any atom is 0.411 e. The van der Waals surface area contributed by atoms with Crippen LogP contribution in [0, 0.1) is 0 Å². The molecule has 0 radical (unpaired) electrons. The summed E-state index contributed by atoms with van der Waals surface area (Å²) in [6.07, 6.45) is -1.14. The van der Waals surface area contributed by atoms with Gasteiger partial charge in [0.15, 0.2) is 6.04 Å². The first kappa shape index (κ1) is 20.2. The third-order valence-electron chi connectivity index (χ3n) is 5.62. The van der Waals surface area contributed by atoms with Crippen LogP contribution in [0.5, 0.6) is 0 Å². The zero-order valence-electron chi connectivity index (χ0n) is 16.5. The molecule has 2 atom stereocenters. The summed E-state index contributed by atoms with van der Waals surface area (Å²) in [5, 5.41) is 4.71. The summed E-state index contributed by atoms with van der Waals surface area (Å²) in [4.78, 5) is 19.7. The lowest BCUT2D eigenvalue weighted by Crippen LogP contribution is -2.59. The summed E-state index contributed by atoms with van der Waals surface area (Å²) >= 11 is 1.33. The van der Waals surface area contributed by atoms with Gasteiger partial charge in [-0.1, -0.05) is 0 Å². The van der Waals surface area contributed by atoms with Crippen molar-refractivity contribution in [2.24, 2.45) is 0 Å². The van der Waals surface area contributed by atoms with Gasteiger partial charge in [-0.3, -0.25) is 9.67 Å². The van der Waals surface area contributed by atoms with E-state index in [1.165, 1.54) is 16.4 Å². The molecule has 12 heteroatoms. The van der Waals surface area contributed by atoms with Crippen LogP contribution in [0.2, 0.25) is 0 Å². The van der Waals surface area contributed by atoms with Crippen LogP contribution >= 0.6 is 11.5 Å². The van der Waals surface area contributed by atoms with E-state index in [9.17, 15) is 18.0 Å². The zero-order valence-corrected chi connectivity index (χ0v) is 17.4. The Morgan fingerprint density at radius 3 is 3.00 bits per heavy atom. The van der Waals surface area contributed by atoms with E-state index in [1.54, 1.807) is 12.4 Å². The van der Waals surface area contributed by atoms with Crippen molar-refractivity contribution in [3.05, 3.63) is 30.2 Å². The van der Waals surface area contributed by atoms with Crippen molar-refractivity contribution in [1.29, 1.82) is 0 Å². The maximum atomic E-state index is 13.4. The molecular weight excluding hydrogens is 433 g/mol. The number of carbonyl (C=O) groups excluding carboxylic acids is 1. The van der Waals surface area contributed by atoms with Crippen LogP contribution in [-0.2, 0) is 11.3 Å². The fraction of sp³-hybridized carbons (Fsp3) is 0.474. The molecule has 3 aromatic rings. The van der Waals surface area contributed by atoms with Crippen LogP contribution in [0.1, 0.15) is 18.7 Å². The molecule has 8 nitrogen and oxygen atoms in total. The van der Waals surface area contributed by atoms with Crippen LogP contribution in [0.4, 0.5) is 18.0 Å². The second kappa shape index (κ2) is 7.45. The number of hydrogen-bond acceptors (Lipinski definition) is 6. The fourth-order valence-corrected chi connectivity index (χ4v) is 4.86. The van der Waals surface area contributed by atoms with Crippen LogP contribution in [0.3, 0.4) is 0 Å². The topological polar surface area (TPSA) is 76.4 Å². The van der Waals surface area contributed by atoms with Crippen molar-refractivity contribution in [1.82, 2.24) is 28.9 Å². The second-order valence-electron chi connectivity index (χ2n) is 7.70. The van der Waals surface area contributed by atoms with E-state index in [4.69, 9.17) is 9.84 Å². The number of nitrogens with zero attached hydrogens (tertiary/aromatic N) is 6. The molecule has 0 N–H and O–H groups in total. The molecule has 5 heterocycles. The van der Waals surface area contributed by atoms with Gasteiger partial charge in [0.25, 0.3) is 0 Å². The van der Waals surface area contributed by atoms with Crippen molar-refractivity contribution in [3.8, 4) is 11.3 Å². The average Bonchev–Trinajstić information content (AvgIpc) is 3.39. The molecule has 1 unspecified atom stereocenters. The Balaban J connectivity index is 1.43. The molecule has 0 saturated carbocycles. The standard InChI is InChI=1S/C19H19F3N6O2S/c1-11-8-26(18(29)27-4-5-30-10-16(27)19(20,21)22)9-12-6-14(25-28(11)12)13-2-3-23-15-7-24-31-17(13)15/h2-3,6-7,11,16H,4-5,8-10H2,1H3/t11-,16?/m0/s1. The number of urea groups is 1. The van der Waals surface area contributed by atoms with Gasteiger partial charge >= 0.3 is 12.2 Å². The monoisotopic (exact) mass is 452 g/mol. The molecule has 2 aliphatic heterocycles. The molecule has 3 aromatic heterocycles. The fourth-order valence-electron chi connectivity index (χ4n) is 4.14. The van der Waals surface area contributed by atoms with Gasteiger partial charge in [0, 0.05) is 24.8 Å². The van der Waals surface area contributed by atoms with Gasteiger partial charge in [0.1, 0.15) is 5.52 Å². The van der Waals surface area contributed by atoms with E-state index in [-0.39, 0.29) is 32.3 Å². The highest BCUT2D eigenvalue weighted by molar-refractivity contribution is 7.13. The van der Waals surface area contributed by atoms with Crippen LogP contribution in [-0.4, -0.2) is 73.5 Å². The van der Waals surface area contributed by atoms with Crippen molar-refractivity contribution >= 4 is 27.8 Å². The summed E-state index contributed by atoms with van der Waals surface area (Å²) in [6, 6.07) is 1.02. The number of carbonyl (C=O) groups is 1. The Kier molecular flexibility index (Phi) is 4.85. The van der Waals surface area contributed by atoms with Gasteiger partial charge in [0.2, 0.25) is 0 Å². The van der Waals surface area contributed by atoms with E-state index in [0.29, 0.717) is 0 Å². The predicted molar refractivity (Wildman–Crippen MR) is 107 cm³/mol. The minimum atomic E-state index is -4.53. The van der Waals surface area contributed by atoms with Crippen molar-refractivity contribution < 1.29 is 22.7 Å². The largest absolute Gasteiger partial charge is 0.411 e. The maximum absolute atomic E-state index is 13.4. The Hall–Kier alpha value is -2.73. The summed E-state index contributed by atoms with van der Waals surface area (Å²) < 4.78 is 52.2. The summed E-state index contributed by atoms with van der Waals surface area (Å²) in [6.45, 7) is 1.84. The highest BCUT2D eigenvalue weighted by Gasteiger charge is 2.48. The number of ether oxygens (including phenoxy) is 1. The van der Waals surface area contributed by atoms with Gasteiger partial charge in [-0.2, -0.15) is 22.6 Å². The zero-order chi connectivity index (χ0) is 21.8. The lowest BCUT2D eigenvalue weighted by molar-refractivity contribution is -0.203. The quantitative estimate of drug-likeness (QED) is 0.566. The predicted octanol–water partition coefficient (Wildman–Crippen LogP) is 3.31. The molecule has 1 fully saturated rings. The number of amides is 2. The molecule has 5 rings (SSSR count). The van der Waals surface area contributed by atoms with E-state index in [1.807, 2.05) is 23.7 Å². The number of pyridine rings is 1. The van der Waals surface area contributed by atoms with Crippen LogP contribution in [0.15, 0.2) is 24.5 Å². The molecule has 31 heavy (non-hydrogen) atoms. The number of hydrogen-bond donors (Lipinski definition) is 0. The van der Waals surface area contributed by atoms with E-state index < -0.39 is 24.9 Å². The summed E-state index contributed by atoms with van der Waals surface area (Å²) in [5.41, 5.74) is 3.18. The Morgan fingerprint density at radius 1 is 1.35 bits per heavy atom. The number of morpholine rings is 1. The Bertz CT molecular complexity index is 1130. The molecule has 0 aromatic carbocycles. The van der Waals surface area contributed by atoms with E-state index >= 15 is 0 Å². The smallest absolute Gasteiger partial charge is 0.377 e. The highest BCUT2D eigenvalue weighted by Crippen LogP contribution is 2.33. The second-order valence-corrected chi connectivity index (χ2v) is 8.50. The summed E-state index contributed by atoms with van der Waals surface area (Å²) in [7, 11) is 0. The molecule has 0 spiro atoms. The number of rotatable bonds is 1. The van der Waals surface area contributed by atoms with Gasteiger partial charge in [-0.15, -0.1) is 0 Å². The highest BCUT2D eigenvalue weighted by atomic mass is 32.1. The minimum Gasteiger partial charge on any atom is -0.377 e. The first-order valence-corrected chi connectivity index (χ1v) is 10.6. The lowest BCUT2D eigenvalue weighted by Gasteiger charge is -2.41. The lowest BCUT2D eigenvalue weighted by atomic mass is 10.1. The van der Waals surface area contributed by atoms with Crippen molar-refractivity contribution in [2.45, 2.75) is 31.7 Å². The number of fused-ring (bicyclic) bond motifs is 2. The third kappa shape index (κ3) is 3.53. The number of alkyl halides is 3.